The molecule has 2 aromatic heterocycles. The number of carbonyl (C=O) groups is 1. The van der Waals surface area contributed by atoms with Crippen molar-refractivity contribution in [3.05, 3.63) is 41.5 Å². The topological polar surface area (TPSA) is 97.6 Å². The van der Waals surface area contributed by atoms with Gasteiger partial charge in [-0.2, -0.15) is 23.5 Å². The molecule has 0 bridgehead atoms. The first-order chi connectivity index (χ1) is 9.34. The fourth-order valence-corrected chi connectivity index (χ4v) is 1.60. The Kier molecular flexibility index (Phi) is 3.15. The van der Waals surface area contributed by atoms with Crippen LogP contribution in [0.3, 0.4) is 0 Å². The van der Waals surface area contributed by atoms with E-state index in [0.717, 1.165) is 12.4 Å². The van der Waals surface area contributed by atoms with Crippen LogP contribution in [0.25, 0.3) is 5.69 Å². The molecule has 0 fully saturated rings. The largest absolute Gasteiger partial charge is 0.434 e. The Bertz CT molecular complexity index is 714. The second kappa shape index (κ2) is 4.65. The first kappa shape index (κ1) is 13.5. The number of halogens is 3. The zero-order chi connectivity index (χ0) is 14.9. The number of hydrogen-bond acceptors (Lipinski definition) is 4. The van der Waals surface area contributed by atoms with Crippen LogP contribution in [-0.2, 0) is 6.18 Å². The van der Waals surface area contributed by atoms with Crippen molar-refractivity contribution in [2.75, 3.05) is 0 Å². The van der Waals surface area contributed by atoms with Gasteiger partial charge in [-0.05, 0) is 6.07 Å². The fraction of sp³-hybridized carbons (Fsp3) is 0.0909. The van der Waals surface area contributed by atoms with Crippen LogP contribution >= 0.6 is 0 Å². The highest BCUT2D eigenvalue weighted by Gasteiger charge is 2.40. The zero-order valence-electron chi connectivity index (χ0n) is 9.72. The van der Waals surface area contributed by atoms with Gasteiger partial charge in [0.05, 0.1) is 29.2 Å². The van der Waals surface area contributed by atoms with Crippen molar-refractivity contribution in [1.29, 1.82) is 5.26 Å². The summed E-state index contributed by atoms with van der Waals surface area (Å²) in [6, 6.07) is 2.92. The van der Waals surface area contributed by atoms with Gasteiger partial charge in [-0.3, -0.25) is 9.78 Å². The summed E-state index contributed by atoms with van der Waals surface area (Å²) in [7, 11) is 0. The van der Waals surface area contributed by atoms with Crippen LogP contribution < -0.4 is 5.73 Å². The highest BCUT2D eigenvalue weighted by molar-refractivity contribution is 5.94. The van der Waals surface area contributed by atoms with Gasteiger partial charge in [0.25, 0.3) is 5.91 Å². The van der Waals surface area contributed by atoms with E-state index in [2.05, 4.69) is 10.1 Å². The van der Waals surface area contributed by atoms with Crippen molar-refractivity contribution in [3.63, 3.8) is 0 Å². The van der Waals surface area contributed by atoms with E-state index < -0.39 is 23.3 Å². The number of nitrogens with two attached hydrogens (primary N) is 1. The lowest BCUT2D eigenvalue weighted by molar-refractivity contribution is -0.143. The van der Waals surface area contributed by atoms with E-state index in [1.807, 2.05) is 0 Å². The molecule has 0 saturated carbocycles. The molecule has 0 aliphatic rings. The molecule has 2 heterocycles. The molecule has 0 unspecified atom stereocenters. The highest BCUT2D eigenvalue weighted by Crippen LogP contribution is 2.33. The minimum absolute atomic E-state index is 0.0618. The van der Waals surface area contributed by atoms with E-state index in [4.69, 9.17) is 11.0 Å². The van der Waals surface area contributed by atoms with Crippen LogP contribution in [0, 0.1) is 11.3 Å². The maximum Gasteiger partial charge on any atom is 0.434 e. The minimum atomic E-state index is -4.83. The lowest BCUT2D eigenvalue weighted by Crippen LogP contribution is -2.20. The molecule has 0 aliphatic heterocycles. The monoisotopic (exact) mass is 281 g/mol. The van der Waals surface area contributed by atoms with Crippen molar-refractivity contribution in [2.45, 2.75) is 6.18 Å². The summed E-state index contributed by atoms with van der Waals surface area (Å²) in [5.74, 6) is -1.24. The second-order valence-electron chi connectivity index (χ2n) is 3.72. The average Bonchev–Trinajstić information content (AvgIpc) is 2.83. The van der Waals surface area contributed by atoms with Crippen molar-refractivity contribution in [2.24, 2.45) is 5.73 Å². The molecule has 0 atom stereocenters. The van der Waals surface area contributed by atoms with E-state index in [0.29, 0.717) is 4.68 Å². The number of primary amides is 1. The molecule has 102 valence electrons. The number of amides is 1. The fourth-order valence-electron chi connectivity index (χ4n) is 1.60. The van der Waals surface area contributed by atoms with Crippen LogP contribution in [0.1, 0.15) is 21.6 Å². The number of nitriles is 1. The Hall–Kier alpha value is -2.89. The molecule has 6 nitrogen and oxygen atoms in total. The third kappa shape index (κ3) is 2.31. The summed E-state index contributed by atoms with van der Waals surface area (Å²) in [4.78, 5) is 14.7. The Morgan fingerprint density at radius 2 is 2.05 bits per heavy atom. The van der Waals surface area contributed by atoms with E-state index in [1.54, 1.807) is 6.07 Å². The molecular weight excluding hydrogens is 275 g/mol. The van der Waals surface area contributed by atoms with E-state index in [1.165, 1.54) is 12.3 Å². The number of nitrogens with zero attached hydrogens (tertiary/aromatic N) is 4. The number of aromatic nitrogens is 3. The van der Waals surface area contributed by atoms with E-state index in [-0.39, 0.29) is 11.3 Å². The first-order valence-electron chi connectivity index (χ1n) is 5.15. The lowest BCUT2D eigenvalue weighted by atomic mass is 10.2. The summed E-state index contributed by atoms with van der Waals surface area (Å²) in [5.41, 5.74) is 2.81. The van der Waals surface area contributed by atoms with Crippen molar-refractivity contribution in [3.8, 4) is 11.8 Å². The molecule has 0 saturated heterocycles. The molecule has 1 amide bonds. The number of carbonyl (C=O) groups excluding carboxylic acids is 1. The van der Waals surface area contributed by atoms with E-state index in [9.17, 15) is 18.0 Å². The predicted molar refractivity (Wildman–Crippen MR) is 59.6 cm³/mol. The number of rotatable bonds is 2. The number of alkyl halides is 3. The molecule has 0 aromatic carbocycles. The smallest absolute Gasteiger partial charge is 0.365 e. The Labute approximate surface area is 110 Å². The van der Waals surface area contributed by atoms with Gasteiger partial charge in [0.2, 0.25) is 0 Å². The lowest BCUT2D eigenvalue weighted by Gasteiger charge is -2.11. The van der Waals surface area contributed by atoms with Crippen molar-refractivity contribution in [1.82, 2.24) is 14.8 Å². The van der Waals surface area contributed by atoms with Gasteiger partial charge in [0.15, 0.2) is 5.69 Å². The standard InChI is InChI=1S/C11H6F3N5O/c12-11(13,14)9-8(10(16)20)5-18-19(9)7-1-6(2-15)3-17-4-7/h1,3-5H,(H2,16,20). The number of hydrogen-bond donors (Lipinski definition) is 1. The van der Waals surface area contributed by atoms with Gasteiger partial charge in [-0.1, -0.05) is 0 Å². The summed E-state index contributed by atoms with van der Waals surface area (Å²) in [5, 5.41) is 12.2. The van der Waals surface area contributed by atoms with Gasteiger partial charge in [0.1, 0.15) is 6.07 Å². The molecule has 2 aromatic rings. The van der Waals surface area contributed by atoms with Crippen molar-refractivity contribution < 1.29 is 18.0 Å². The van der Waals surface area contributed by atoms with Crippen molar-refractivity contribution >= 4 is 5.91 Å². The molecule has 0 aliphatic carbocycles. The van der Waals surface area contributed by atoms with Gasteiger partial charge < -0.3 is 5.73 Å². The second-order valence-corrected chi connectivity index (χ2v) is 3.72. The summed E-state index contributed by atoms with van der Waals surface area (Å²) in [6.07, 6.45) is -1.82. The minimum Gasteiger partial charge on any atom is -0.365 e. The molecule has 0 spiro atoms. The SMILES string of the molecule is N#Cc1cncc(-n2ncc(C(N)=O)c2C(F)(F)F)c1. The zero-order valence-corrected chi connectivity index (χ0v) is 9.72. The van der Waals surface area contributed by atoms with Crippen LogP contribution in [0.15, 0.2) is 24.7 Å². The molecule has 0 radical (unpaired) electrons. The number of pyridine rings is 1. The quantitative estimate of drug-likeness (QED) is 0.895. The maximum absolute atomic E-state index is 13.0. The molecular formula is C11H6F3N5O. The van der Waals surface area contributed by atoms with Gasteiger partial charge in [-0.15, -0.1) is 0 Å². The normalized spacial score (nSPS) is 11.1. The Balaban J connectivity index is 2.69. The average molecular weight is 281 g/mol. The molecule has 2 N–H and O–H groups in total. The van der Waals surface area contributed by atoms with Crippen LogP contribution in [0.5, 0.6) is 0 Å². The van der Waals surface area contributed by atoms with Gasteiger partial charge in [-0.25, -0.2) is 4.68 Å². The van der Waals surface area contributed by atoms with E-state index >= 15 is 0 Å². The van der Waals surface area contributed by atoms with Crippen LogP contribution in [0.2, 0.25) is 0 Å². The van der Waals surface area contributed by atoms with Crippen LogP contribution in [0.4, 0.5) is 13.2 Å². The molecule has 9 heteroatoms. The maximum atomic E-state index is 13.0. The van der Waals surface area contributed by atoms with Gasteiger partial charge >= 0.3 is 6.18 Å². The first-order valence-corrected chi connectivity index (χ1v) is 5.15. The Morgan fingerprint density at radius 1 is 1.35 bits per heavy atom. The highest BCUT2D eigenvalue weighted by atomic mass is 19.4. The third-order valence-corrected chi connectivity index (χ3v) is 2.40. The molecule has 2 rings (SSSR count). The van der Waals surface area contributed by atoms with Crippen LogP contribution in [-0.4, -0.2) is 20.7 Å². The third-order valence-electron chi connectivity index (χ3n) is 2.40. The molecule has 20 heavy (non-hydrogen) atoms. The van der Waals surface area contributed by atoms with Gasteiger partial charge in [0, 0.05) is 6.20 Å². The summed E-state index contributed by atoms with van der Waals surface area (Å²) in [6.45, 7) is 0. The summed E-state index contributed by atoms with van der Waals surface area (Å²) < 4.78 is 39.5. The summed E-state index contributed by atoms with van der Waals surface area (Å²) >= 11 is 0. The Morgan fingerprint density at radius 3 is 2.60 bits per heavy atom. The predicted octanol–water partition coefficient (Wildman–Crippen LogP) is 1.26.